The van der Waals surface area contributed by atoms with E-state index in [2.05, 4.69) is 0 Å². The molecule has 1 saturated heterocycles. The lowest BCUT2D eigenvalue weighted by atomic mass is 9.94. The summed E-state index contributed by atoms with van der Waals surface area (Å²) >= 11 is 0. The molecule has 0 aliphatic carbocycles. The molecule has 1 aromatic rings. The molecule has 0 spiro atoms. The van der Waals surface area contributed by atoms with E-state index >= 15 is 0 Å². The van der Waals surface area contributed by atoms with Crippen molar-refractivity contribution in [1.82, 2.24) is 0 Å². The second-order valence-electron chi connectivity index (χ2n) is 4.38. The Morgan fingerprint density at radius 3 is 2.94 bits per heavy atom. The van der Waals surface area contributed by atoms with E-state index in [0.717, 1.165) is 0 Å². The molecule has 2 N–H and O–H groups in total. The van der Waals surface area contributed by atoms with Crippen LogP contribution in [0.15, 0.2) is 18.2 Å². The first-order chi connectivity index (χ1) is 8.63. The van der Waals surface area contributed by atoms with Crippen molar-refractivity contribution in [1.29, 1.82) is 0 Å². The van der Waals surface area contributed by atoms with Gasteiger partial charge in [-0.25, -0.2) is 4.39 Å². The maximum absolute atomic E-state index is 13.9. The maximum Gasteiger partial charge on any atom is 0.168 e. The molecule has 1 fully saturated rings. The van der Waals surface area contributed by atoms with Gasteiger partial charge in [-0.3, -0.25) is 4.79 Å². The molecule has 0 saturated carbocycles. The van der Waals surface area contributed by atoms with E-state index < -0.39 is 5.82 Å². The number of hydrogen-bond donors (Lipinski definition) is 1. The van der Waals surface area contributed by atoms with Gasteiger partial charge in [0.1, 0.15) is 5.78 Å². The number of carbonyl (C=O) groups excluding carboxylic acids is 1. The fraction of sp³-hybridized carbons (Fsp3) is 0.462. The smallest absolute Gasteiger partial charge is 0.168 e. The van der Waals surface area contributed by atoms with Gasteiger partial charge in [0, 0.05) is 12.5 Å². The summed E-state index contributed by atoms with van der Waals surface area (Å²) in [7, 11) is 1.39. The SMILES string of the molecule is COc1cccc(CC(=O)C2COCC2N)c1F. The average Bonchev–Trinajstić information content (AvgIpc) is 2.78. The maximum atomic E-state index is 13.9. The van der Waals surface area contributed by atoms with Crippen molar-refractivity contribution in [3.8, 4) is 5.75 Å². The highest BCUT2D eigenvalue weighted by molar-refractivity contribution is 5.84. The lowest BCUT2D eigenvalue weighted by Crippen LogP contribution is -2.35. The minimum atomic E-state index is -0.485. The average molecular weight is 253 g/mol. The fourth-order valence-electron chi connectivity index (χ4n) is 2.07. The summed E-state index contributed by atoms with van der Waals surface area (Å²) in [5.74, 6) is -0.768. The van der Waals surface area contributed by atoms with Gasteiger partial charge in [-0.15, -0.1) is 0 Å². The number of benzene rings is 1. The molecule has 1 aromatic carbocycles. The zero-order valence-electron chi connectivity index (χ0n) is 10.2. The summed E-state index contributed by atoms with van der Waals surface area (Å²) in [6.07, 6.45) is 0.0186. The Morgan fingerprint density at radius 2 is 2.33 bits per heavy atom. The lowest BCUT2D eigenvalue weighted by Gasteiger charge is -2.12. The van der Waals surface area contributed by atoms with Crippen molar-refractivity contribution in [2.24, 2.45) is 11.7 Å². The number of ketones is 1. The highest BCUT2D eigenvalue weighted by Crippen LogP contribution is 2.22. The van der Waals surface area contributed by atoms with Crippen LogP contribution in [-0.2, 0) is 16.0 Å². The van der Waals surface area contributed by atoms with Gasteiger partial charge < -0.3 is 15.2 Å². The summed E-state index contributed by atoms with van der Waals surface area (Å²) in [5.41, 5.74) is 6.10. The van der Waals surface area contributed by atoms with E-state index in [1.165, 1.54) is 13.2 Å². The third kappa shape index (κ3) is 2.52. The van der Waals surface area contributed by atoms with Crippen LogP contribution in [-0.4, -0.2) is 32.1 Å². The molecule has 0 bridgehead atoms. The van der Waals surface area contributed by atoms with Crippen LogP contribution in [0.1, 0.15) is 5.56 Å². The topological polar surface area (TPSA) is 61.5 Å². The van der Waals surface area contributed by atoms with Crippen LogP contribution in [0.25, 0.3) is 0 Å². The molecular formula is C13H16FNO3. The predicted octanol–water partition coefficient (Wildman–Crippen LogP) is 0.920. The quantitative estimate of drug-likeness (QED) is 0.866. The van der Waals surface area contributed by atoms with Crippen molar-refractivity contribution in [3.63, 3.8) is 0 Å². The summed E-state index contributed by atoms with van der Waals surface area (Å²) in [5, 5.41) is 0. The van der Waals surface area contributed by atoms with Gasteiger partial charge in [-0.2, -0.15) is 0 Å². The third-order valence-corrected chi connectivity index (χ3v) is 3.17. The molecule has 2 rings (SSSR count). The Hall–Kier alpha value is -1.46. The molecule has 0 aromatic heterocycles. The van der Waals surface area contributed by atoms with Gasteiger partial charge in [0.15, 0.2) is 11.6 Å². The van der Waals surface area contributed by atoms with Gasteiger partial charge in [-0.05, 0) is 11.6 Å². The molecule has 98 valence electrons. The molecule has 0 radical (unpaired) electrons. The van der Waals surface area contributed by atoms with Crippen LogP contribution in [0.4, 0.5) is 4.39 Å². The molecular weight excluding hydrogens is 237 g/mol. The first-order valence-corrected chi connectivity index (χ1v) is 5.81. The Labute approximate surface area is 105 Å². The standard InChI is InChI=1S/C13H16FNO3/c1-17-12-4-2-3-8(13(12)14)5-11(16)9-6-18-7-10(9)15/h2-4,9-10H,5-7,15H2,1H3. The number of methoxy groups -OCH3 is 1. The van der Waals surface area contributed by atoms with Crippen LogP contribution in [0.3, 0.4) is 0 Å². The largest absolute Gasteiger partial charge is 0.494 e. The molecule has 4 nitrogen and oxygen atoms in total. The summed E-state index contributed by atoms with van der Waals surface area (Å²) < 4.78 is 23.9. The Morgan fingerprint density at radius 1 is 1.56 bits per heavy atom. The van der Waals surface area contributed by atoms with Crippen LogP contribution in [0, 0.1) is 11.7 Å². The number of rotatable bonds is 4. The van der Waals surface area contributed by atoms with Crippen LogP contribution in [0.5, 0.6) is 5.75 Å². The third-order valence-electron chi connectivity index (χ3n) is 3.17. The number of hydrogen-bond acceptors (Lipinski definition) is 4. The van der Waals surface area contributed by atoms with E-state index in [9.17, 15) is 9.18 Å². The minimum Gasteiger partial charge on any atom is -0.494 e. The van der Waals surface area contributed by atoms with Crippen molar-refractivity contribution in [2.75, 3.05) is 20.3 Å². The molecule has 2 unspecified atom stereocenters. The van der Waals surface area contributed by atoms with Crippen molar-refractivity contribution < 1.29 is 18.7 Å². The van der Waals surface area contributed by atoms with Crippen LogP contribution >= 0.6 is 0 Å². The first-order valence-electron chi connectivity index (χ1n) is 5.81. The van der Waals surface area contributed by atoms with E-state index in [4.69, 9.17) is 15.2 Å². The number of carbonyl (C=O) groups is 1. The summed E-state index contributed by atoms with van der Waals surface area (Å²) in [4.78, 5) is 12.0. The zero-order chi connectivity index (χ0) is 13.1. The lowest BCUT2D eigenvalue weighted by molar-refractivity contribution is -0.122. The van der Waals surface area contributed by atoms with Crippen LogP contribution < -0.4 is 10.5 Å². The van der Waals surface area contributed by atoms with E-state index in [-0.39, 0.29) is 29.9 Å². The van der Waals surface area contributed by atoms with Gasteiger partial charge in [0.2, 0.25) is 0 Å². The van der Waals surface area contributed by atoms with E-state index in [0.29, 0.717) is 18.8 Å². The zero-order valence-corrected chi connectivity index (χ0v) is 10.2. The van der Waals surface area contributed by atoms with Gasteiger partial charge in [0.25, 0.3) is 0 Å². The Balaban J connectivity index is 2.12. The minimum absolute atomic E-state index is 0.0186. The van der Waals surface area contributed by atoms with Gasteiger partial charge >= 0.3 is 0 Å². The van der Waals surface area contributed by atoms with E-state index in [1.807, 2.05) is 0 Å². The second kappa shape index (κ2) is 5.46. The summed E-state index contributed by atoms with van der Waals surface area (Å²) in [6, 6.07) is 4.48. The number of halogens is 1. The molecule has 1 aliphatic heterocycles. The molecule has 2 atom stereocenters. The predicted molar refractivity (Wildman–Crippen MR) is 63.9 cm³/mol. The Bertz CT molecular complexity index is 450. The number of ether oxygens (including phenoxy) is 2. The van der Waals surface area contributed by atoms with Crippen molar-refractivity contribution in [2.45, 2.75) is 12.5 Å². The van der Waals surface area contributed by atoms with Gasteiger partial charge in [0.05, 0.1) is 26.2 Å². The first kappa shape index (κ1) is 13.0. The van der Waals surface area contributed by atoms with E-state index in [1.54, 1.807) is 12.1 Å². The Kier molecular flexibility index (Phi) is 3.93. The number of nitrogens with two attached hydrogens (primary N) is 1. The molecule has 1 aliphatic rings. The monoisotopic (exact) mass is 253 g/mol. The number of Topliss-reactive ketones (excluding diaryl/α,β-unsaturated/α-hetero) is 1. The highest BCUT2D eigenvalue weighted by atomic mass is 19.1. The molecule has 5 heteroatoms. The normalized spacial score (nSPS) is 23.1. The molecule has 1 heterocycles. The van der Waals surface area contributed by atoms with Crippen LogP contribution in [0.2, 0.25) is 0 Å². The fourth-order valence-corrected chi connectivity index (χ4v) is 2.07. The molecule has 18 heavy (non-hydrogen) atoms. The van der Waals surface area contributed by atoms with Crippen molar-refractivity contribution in [3.05, 3.63) is 29.6 Å². The highest BCUT2D eigenvalue weighted by Gasteiger charge is 2.31. The van der Waals surface area contributed by atoms with Gasteiger partial charge in [-0.1, -0.05) is 12.1 Å². The van der Waals surface area contributed by atoms with Crippen molar-refractivity contribution >= 4 is 5.78 Å². The second-order valence-corrected chi connectivity index (χ2v) is 4.38. The summed E-state index contributed by atoms with van der Waals surface area (Å²) in [6.45, 7) is 0.711. The molecule has 0 amide bonds.